The predicted molar refractivity (Wildman–Crippen MR) is 200 cm³/mol. The Balaban J connectivity index is 1.15. The molecule has 0 heterocycles. The number of anilines is 2. The van der Waals surface area contributed by atoms with E-state index >= 15 is 0 Å². The molecule has 0 fully saturated rings. The first-order valence-electron chi connectivity index (χ1n) is 16.0. The predicted octanol–water partition coefficient (Wildman–Crippen LogP) is 9.50. The molecule has 51 heavy (non-hydrogen) atoms. The molecule has 7 nitrogen and oxygen atoms in total. The molecule has 252 valence electrons. The number of halogens is 1. The summed E-state index contributed by atoms with van der Waals surface area (Å²) in [5.41, 5.74) is 2.24. The van der Waals surface area contributed by atoms with Gasteiger partial charge in [0, 0.05) is 27.4 Å². The lowest BCUT2D eigenvalue weighted by Crippen LogP contribution is -2.30. The normalized spacial score (nSPS) is 11.6. The first-order chi connectivity index (χ1) is 24.9. The highest BCUT2D eigenvalue weighted by Crippen LogP contribution is 2.37. The second kappa shape index (κ2) is 16.8. The lowest BCUT2D eigenvalue weighted by Gasteiger charge is -2.18. The highest BCUT2D eigenvalue weighted by atomic mass is 32.2. The van der Waals surface area contributed by atoms with Crippen LogP contribution in [0.1, 0.15) is 26.7 Å². The van der Waals surface area contributed by atoms with Gasteiger partial charge in [-0.15, -0.1) is 11.8 Å². The standard InChI is InChI=1S/C42H32FN3O4S/c43-37-19-11-10-16-31(37)28-38(46-40(47)30-14-6-2-7-15-30)41(48)44-33-22-26-36(27-23-33)51-39(29-12-4-1-5-13-29)42(49)45-32-20-24-35(25-21-32)50-34-17-8-3-9-18-34/h1-28,39H,(H,44,48)(H,45,49)(H,46,47)/b38-28-. The molecule has 0 aliphatic rings. The Morgan fingerprint density at radius 1 is 0.608 bits per heavy atom. The number of carbonyl (C=O) groups is 3. The van der Waals surface area contributed by atoms with Crippen molar-refractivity contribution in [2.24, 2.45) is 0 Å². The molecule has 3 N–H and O–H groups in total. The SMILES string of the molecule is O=C(Nc1ccc(SC(C(=O)Nc2ccc(Oc3ccccc3)cc2)c2ccccc2)cc1)/C(=C/c1ccccc1F)NC(=O)c1ccccc1. The minimum absolute atomic E-state index is 0.132. The fraction of sp³-hybridized carbons (Fsp3) is 0.0238. The van der Waals surface area contributed by atoms with Crippen LogP contribution in [-0.4, -0.2) is 17.7 Å². The maximum atomic E-state index is 14.5. The summed E-state index contributed by atoms with van der Waals surface area (Å²) in [7, 11) is 0. The van der Waals surface area contributed by atoms with E-state index in [9.17, 15) is 18.8 Å². The fourth-order valence-corrected chi connectivity index (χ4v) is 6.01. The zero-order valence-electron chi connectivity index (χ0n) is 27.2. The summed E-state index contributed by atoms with van der Waals surface area (Å²) in [6.07, 6.45) is 1.29. The quantitative estimate of drug-likeness (QED) is 0.0877. The second-order valence-electron chi connectivity index (χ2n) is 11.2. The Morgan fingerprint density at radius 3 is 1.82 bits per heavy atom. The molecular formula is C42H32FN3O4S. The van der Waals surface area contributed by atoms with Crippen molar-refractivity contribution in [2.75, 3.05) is 10.6 Å². The molecule has 0 aliphatic carbocycles. The summed E-state index contributed by atoms with van der Waals surface area (Å²) >= 11 is 1.36. The largest absolute Gasteiger partial charge is 0.457 e. The highest BCUT2D eigenvalue weighted by molar-refractivity contribution is 8.00. The van der Waals surface area contributed by atoms with Gasteiger partial charge in [0.05, 0.1) is 0 Å². The Morgan fingerprint density at radius 2 is 1.16 bits per heavy atom. The Hall–Kier alpha value is -6.45. The van der Waals surface area contributed by atoms with E-state index in [0.29, 0.717) is 22.7 Å². The molecule has 1 unspecified atom stereocenters. The van der Waals surface area contributed by atoms with E-state index in [1.807, 2.05) is 60.7 Å². The second-order valence-corrected chi connectivity index (χ2v) is 12.4. The van der Waals surface area contributed by atoms with Crippen molar-refractivity contribution >= 4 is 46.9 Å². The number of carbonyl (C=O) groups excluding carboxylic acids is 3. The number of thioether (sulfide) groups is 1. The van der Waals surface area contributed by atoms with E-state index in [4.69, 9.17) is 4.74 Å². The molecule has 0 saturated heterocycles. The molecule has 3 amide bonds. The van der Waals surface area contributed by atoms with Crippen LogP contribution in [0.25, 0.3) is 6.08 Å². The number of para-hydroxylation sites is 1. The van der Waals surface area contributed by atoms with E-state index in [2.05, 4.69) is 16.0 Å². The third-order valence-corrected chi connectivity index (χ3v) is 8.81. The van der Waals surface area contributed by atoms with Gasteiger partial charge in [0.1, 0.15) is 28.3 Å². The topological polar surface area (TPSA) is 96.5 Å². The molecule has 0 bridgehead atoms. The third kappa shape index (κ3) is 9.59. The first kappa shape index (κ1) is 34.4. The van der Waals surface area contributed by atoms with Gasteiger partial charge in [-0.25, -0.2) is 4.39 Å². The van der Waals surface area contributed by atoms with Crippen molar-refractivity contribution in [1.82, 2.24) is 5.32 Å². The van der Waals surface area contributed by atoms with Gasteiger partial charge in [0.15, 0.2) is 0 Å². The third-order valence-electron chi connectivity index (χ3n) is 7.54. The van der Waals surface area contributed by atoms with Gasteiger partial charge >= 0.3 is 0 Å². The number of hydrogen-bond acceptors (Lipinski definition) is 5. The van der Waals surface area contributed by atoms with Gasteiger partial charge in [-0.2, -0.15) is 0 Å². The molecule has 0 spiro atoms. The number of rotatable bonds is 12. The van der Waals surface area contributed by atoms with Crippen LogP contribution in [0.4, 0.5) is 15.8 Å². The number of nitrogens with one attached hydrogen (secondary N) is 3. The summed E-state index contributed by atoms with van der Waals surface area (Å²) in [5.74, 6) is -0.531. The van der Waals surface area contributed by atoms with Crippen molar-refractivity contribution in [1.29, 1.82) is 0 Å². The van der Waals surface area contributed by atoms with Crippen LogP contribution in [0, 0.1) is 5.82 Å². The summed E-state index contributed by atoms with van der Waals surface area (Å²) in [5, 5.41) is 7.83. The monoisotopic (exact) mass is 693 g/mol. The number of ether oxygens (including phenoxy) is 1. The van der Waals surface area contributed by atoms with Gasteiger partial charge in [0.2, 0.25) is 5.91 Å². The van der Waals surface area contributed by atoms with Crippen molar-refractivity contribution in [3.05, 3.63) is 192 Å². The van der Waals surface area contributed by atoms with E-state index in [-0.39, 0.29) is 17.2 Å². The van der Waals surface area contributed by atoms with Gasteiger partial charge in [-0.3, -0.25) is 14.4 Å². The van der Waals surface area contributed by atoms with Crippen LogP contribution in [0.15, 0.2) is 174 Å². The molecule has 0 aliphatic heterocycles. The van der Waals surface area contributed by atoms with Crippen molar-refractivity contribution in [2.45, 2.75) is 10.1 Å². The van der Waals surface area contributed by atoms with Crippen LogP contribution < -0.4 is 20.7 Å². The smallest absolute Gasteiger partial charge is 0.272 e. The fourth-order valence-electron chi connectivity index (χ4n) is 4.98. The first-order valence-corrected chi connectivity index (χ1v) is 16.9. The van der Waals surface area contributed by atoms with E-state index in [1.165, 1.54) is 30.0 Å². The molecule has 6 rings (SSSR count). The van der Waals surface area contributed by atoms with Crippen LogP contribution in [0.5, 0.6) is 11.5 Å². The average Bonchev–Trinajstić information content (AvgIpc) is 3.17. The van der Waals surface area contributed by atoms with Gasteiger partial charge in [0.25, 0.3) is 11.8 Å². The maximum Gasteiger partial charge on any atom is 0.272 e. The Labute approximate surface area is 299 Å². The summed E-state index contributed by atoms with van der Waals surface area (Å²) < 4.78 is 20.4. The zero-order valence-corrected chi connectivity index (χ0v) is 28.0. The molecule has 6 aromatic rings. The summed E-state index contributed by atoms with van der Waals surface area (Å²) in [6, 6.07) is 47.5. The molecule has 0 radical (unpaired) electrons. The lowest BCUT2D eigenvalue weighted by molar-refractivity contribution is -0.116. The van der Waals surface area contributed by atoms with Crippen molar-refractivity contribution < 1.29 is 23.5 Å². The average molecular weight is 694 g/mol. The van der Waals surface area contributed by atoms with E-state index in [1.54, 1.807) is 91.0 Å². The van der Waals surface area contributed by atoms with Gasteiger partial charge in [-0.05, 0) is 90.5 Å². The number of amides is 3. The number of benzene rings is 6. The Bertz CT molecular complexity index is 2130. The molecule has 0 aromatic heterocycles. The van der Waals surface area contributed by atoms with E-state index in [0.717, 1.165) is 16.2 Å². The van der Waals surface area contributed by atoms with Crippen LogP contribution in [0.2, 0.25) is 0 Å². The molecule has 9 heteroatoms. The molecular weight excluding hydrogens is 662 g/mol. The van der Waals surface area contributed by atoms with Crippen LogP contribution >= 0.6 is 11.8 Å². The van der Waals surface area contributed by atoms with Crippen LogP contribution in [0.3, 0.4) is 0 Å². The number of hydrogen-bond donors (Lipinski definition) is 3. The summed E-state index contributed by atoms with van der Waals surface area (Å²) in [4.78, 5) is 40.8. The Kier molecular flexibility index (Phi) is 11.3. The van der Waals surface area contributed by atoms with Crippen molar-refractivity contribution in [3.63, 3.8) is 0 Å². The van der Waals surface area contributed by atoms with Crippen LogP contribution in [-0.2, 0) is 9.59 Å². The molecule has 6 aromatic carbocycles. The van der Waals surface area contributed by atoms with Gasteiger partial charge < -0.3 is 20.7 Å². The van der Waals surface area contributed by atoms with Crippen molar-refractivity contribution in [3.8, 4) is 11.5 Å². The van der Waals surface area contributed by atoms with E-state index < -0.39 is 22.9 Å². The molecule has 0 saturated carbocycles. The summed E-state index contributed by atoms with van der Waals surface area (Å²) in [6.45, 7) is 0. The zero-order chi connectivity index (χ0) is 35.4. The maximum absolute atomic E-state index is 14.5. The van der Waals surface area contributed by atoms with Gasteiger partial charge in [-0.1, -0.05) is 84.9 Å². The minimum Gasteiger partial charge on any atom is -0.457 e. The lowest BCUT2D eigenvalue weighted by atomic mass is 10.1. The minimum atomic E-state index is -0.635. The highest BCUT2D eigenvalue weighted by Gasteiger charge is 2.23. The molecule has 1 atom stereocenters.